The second-order valence-electron chi connectivity index (χ2n) is 5.04. The van der Waals surface area contributed by atoms with E-state index in [-0.39, 0.29) is 12.0 Å². The molecule has 1 aromatic heterocycles. The number of esters is 1. The van der Waals surface area contributed by atoms with Gasteiger partial charge in [0.15, 0.2) is 0 Å². The molecule has 1 unspecified atom stereocenters. The molecule has 112 valence electrons. The van der Waals surface area contributed by atoms with Crippen LogP contribution in [0.15, 0.2) is 4.47 Å². The van der Waals surface area contributed by atoms with Crippen molar-refractivity contribution in [3.63, 3.8) is 0 Å². The van der Waals surface area contributed by atoms with Crippen molar-refractivity contribution in [2.45, 2.75) is 52.7 Å². The number of rotatable bonds is 5. The molecule has 1 aliphatic heterocycles. The van der Waals surface area contributed by atoms with Crippen LogP contribution in [0.25, 0.3) is 0 Å². The van der Waals surface area contributed by atoms with Crippen LogP contribution in [0.2, 0.25) is 0 Å². The minimum absolute atomic E-state index is 0.0968. The molecule has 0 spiro atoms. The summed E-state index contributed by atoms with van der Waals surface area (Å²) in [5.74, 6) is -0.0968. The minimum atomic E-state index is -0.109. The number of hydrogen-bond donors (Lipinski definition) is 0. The smallest absolute Gasteiger partial charge is 0.323 e. The zero-order chi connectivity index (χ0) is 14.7. The van der Waals surface area contributed by atoms with E-state index in [4.69, 9.17) is 4.74 Å². The fraction of sp³-hybridized carbons (Fsp3) is 0.714. The van der Waals surface area contributed by atoms with Gasteiger partial charge in [-0.05, 0) is 56.1 Å². The molecule has 0 aromatic carbocycles. The highest BCUT2D eigenvalue weighted by atomic mass is 79.9. The van der Waals surface area contributed by atoms with Crippen LogP contribution in [-0.2, 0) is 22.6 Å². The molecule has 0 saturated carbocycles. The summed E-state index contributed by atoms with van der Waals surface area (Å²) in [6.07, 6.45) is 1.93. The topological polar surface area (TPSA) is 47.4 Å². The third-order valence-corrected chi connectivity index (χ3v) is 4.76. The molecule has 1 fully saturated rings. The third-order valence-electron chi connectivity index (χ3n) is 3.73. The second kappa shape index (κ2) is 6.72. The van der Waals surface area contributed by atoms with Crippen molar-refractivity contribution in [1.82, 2.24) is 14.7 Å². The fourth-order valence-electron chi connectivity index (χ4n) is 2.73. The van der Waals surface area contributed by atoms with Crippen molar-refractivity contribution in [2.24, 2.45) is 0 Å². The monoisotopic (exact) mass is 343 g/mol. The maximum Gasteiger partial charge on any atom is 0.323 e. The van der Waals surface area contributed by atoms with Crippen molar-refractivity contribution in [1.29, 1.82) is 0 Å². The SMILES string of the molecule is CCOC(=O)C1CCCN1Cc1c(Br)c(C)nn1CC. The van der Waals surface area contributed by atoms with Gasteiger partial charge in [0.1, 0.15) is 6.04 Å². The largest absolute Gasteiger partial charge is 0.465 e. The Labute approximate surface area is 128 Å². The minimum Gasteiger partial charge on any atom is -0.465 e. The highest BCUT2D eigenvalue weighted by Gasteiger charge is 2.32. The quantitative estimate of drug-likeness (QED) is 0.770. The molecular formula is C14H22BrN3O2. The zero-order valence-electron chi connectivity index (χ0n) is 12.4. The Balaban J connectivity index is 2.14. The van der Waals surface area contributed by atoms with Crippen LogP contribution in [-0.4, -0.2) is 39.8 Å². The molecule has 1 aliphatic rings. The first-order valence-corrected chi connectivity index (χ1v) is 8.00. The van der Waals surface area contributed by atoms with Gasteiger partial charge in [-0.2, -0.15) is 5.10 Å². The van der Waals surface area contributed by atoms with Crippen LogP contribution in [0.3, 0.4) is 0 Å². The Kier molecular flexibility index (Phi) is 5.21. The van der Waals surface area contributed by atoms with Crippen LogP contribution in [0.4, 0.5) is 0 Å². The second-order valence-corrected chi connectivity index (χ2v) is 5.84. The number of halogens is 1. The molecule has 1 aromatic rings. The summed E-state index contributed by atoms with van der Waals surface area (Å²) in [6, 6.07) is -0.109. The van der Waals surface area contributed by atoms with Gasteiger partial charge in [0.05, 0.1) is 22.5 Å². The lowest BCUT2D eigenvalue weighted by Crippen LogP contribution is -2.37. The molecule has 1 atom stereocenters. The molecule has 0 amide bonds. The lowest BCUT2D eigenvalue weighted by atomic mass is 10.2. The van der Waals surface area contributed by atoms with E-state index in [1.165, 1.54) is 0 Å². The molecule has 0 bridgehead atoms. The van der Waals surface area contributed by atoms with Crippen molar-refractivity contribution in [3.8, 4) is 0 Å². The van der Waals surface area contributed by atoms with Crippen LogP contribution >= 0.6 is 15.9 Å². The van der Waals surface area contributed by atoms with Gasteiger partial charge in [0.25, 0.3) is 0 Å². The lowest BCUT2D eigenvalue weighted by molar-refractivity contribution is -0.148. The van der Waals surface area contributed by atoms with Gasteiger partial charge in [-0.3, -0.25) is 14.4 Å². The molecule has 6 heteroatoms. The molecule has 2 heterocycles. The predicted octanol–water partition coefficient (Wildman–Crippen LogP) is 2.50. The molecule has 1 saturated heterocycles. The Bertz CT molecular complexity index is 487. The molecule has 0 N–H and O–H groups in total. The Morgan fingerprint density at radius 2 is 2.25 bits per heavy atom. The van der Waals surface area contributed by atoms with E-state index >= 15 is 0 Å². The standard InChI is InChI=1S/C14H22BrN3O2/c1-4-18-12(13(15)10(3)16-18)9-17-8-6-7-11(17)14(19)20-5-2/h11H,4-9H2,1-3H3. The summed E-state index contributed by atoms with van der Waals surface area (Å²) in [5.41, 5.74) is 2.13. The van der Waals surface area contributed by atoms with Gasteiger partial charge in [-0.1, -0.05) is 0 Å². The molecule has 0 radical (unpaired) electrons. The first kappa shape index (κ1) is 15.5. The average Bonchev–Trinajstić information content (AvgIpc) is 2.99. The number of likely N-dealkylation sites (tertiary alicyclic amines) is 1. The highest BCUT2D eigenvalue weighted by Crippen LogP contribution is 2.26. The number of aryl methyl sites for hydroxylation is 2. The van der Waals surface area contributed by atoms with E-state index in [1.54, 1.807) is 0 Å². The van der Waals surface area contributed by atoms with Gasteiger partial charge < -0.3 is 4.74 Å². The van der Waals surface area contributed by atoms with Crippen LogP contribution < -0.4 is 0 Å². The van der Waals surface area contributed by atoms with E-state index in [1.807, 2.05) is 18.5 Å². The lowest BCUT2D eigenvalue weighted by Gasteiger charge is -2.23. The molecule has 20 heavy (non-hydrogen) atoms. The van der Waals surface area contributed by atoms with E-state index in [9.17, 15) is 4.79 Å². The summed E-state index contributed by atoms with van der Waals surface area (Å²) in [4.78, 5) is 14.2. The normalized spacial score (nSPS) is 19.5. The van der Waals surface area contributed by atoms with Crippen molar-refractivity contribution in [2.75, 3.05) is 13.2 Å². The van der Waals surface area contributed by atoms with Crippen LogP contribution in [0.5, 0.6) is 0 Å². The fourth-order valence-corrected chi connectivity index (χ4v) is 3.14. The molecule has 5 nitrogen and oxygen atoms in total. The Hall–Kier alpha value is -0.880. The van der Waals surface area contributed by atoms with E-state index in [0.717, 1.165) is 48.3 Å². The number of aromatic nitrogens is 2. The van der Waals surface area contributed by atoms with Gasteiger partial charge in [0, 0.05) is 13.1 Å². The number of hydrogen-bond acceptors (Lipinski definition) is 4. The van der Waals surface area contributed by atoms with Gasteiger partial charge in [0.2, 0.25) is 0 Å². The number of carbonyl (C=O) groups is 1. The molecule has 2 rings (SSSR count). The van der Waals surface area contributed by atoms with Gasteiger partial charge in [-0.25, -0.2) is 0 Å². The maximum atomic E-state index is 12.0. The third kappa shape index (κ3) is 3.06. The summed E-state index contributed by atoms with van der Waals surface area (Å²) in [5, 5.41) is 4.50. The van der Waals surface area contributed by atoms with Crippen LogP contribution in [0.1, 0.15) is 38.1 Å². The van der Waals surface area contributed by atoms with Gasteiger partial charge in [-0.15, -0.1) is 0 Å². The summed E-state index contributed by atoms with van der Waals surface area (Å²) in [6.45, 7) is 8.87. The summed E-state index contributed by atoms with van der Waals surface area (Å²) in [7, 11) is 0. The summed E-state index contributed by atoms with van der Waals surface area (Å²) < 4.78 is 8.22. The predicted molar refractivity (Wildman–Crippen MR) is 80.4 cm³/mol. The zero-order valence-corrected chi connectivity index (χ0v) is 13.9. The van der Waals surface area contributed by atoms with Gasteiger partial charge >= 0.3 is 5.97 Å². The van der Waals surface area contributed by atoms with Crippen LogP contribution in [0, 0.1) is 6.92 Å². The average molecular weight is 344 g/mol. The van der Waals surface area contributed by atoms with E-state index in [2.05, 4.69) is 32.9 Å². The first-order valence-electron chi connectivity index (χ1n) is 7.20. The molecule has 0 aliphatic carbocycles. The maximum absolute atomic E-state index is 12.0. The highest BCUT2D eigenvalue weighted by molar-refractivity contribution is 9.10. The summed E-state index contributed by atoms with van der Waals surface area (Å²) >= 11 is 3.61. The van der Waals surface area contributed by atoms with Crippen molar-refractivity contribution in [3.05, 3.63) is 15.9 Å². The Morgan fingerprint density at radius 3 is 2.90 bits per heavy atom. The molecular weight excluding hydrogens is 322 g/mol. The van der Waals surface area contributed by atoms with E-state index < -0.39 is 0 Å². The van der Waals surface area contributed by atoms with Crippen molar-refractivity contribution >= 4 is 21.9 Å². The van der Waals surface area contributed by atoms with E-state index in [0.29, 0.717) is 6.61 Å². The Morgan fingerprint density at radius 1 is 1.50 bits per heavy atom. The number of carbonyl (C=O) groups excluding carboxylic acids is 1. The number of ether oxygens (including phenoxy) is 1. The first-order chi connectivity index (χ1) is 9.58. The number of nitrogens with zero attached hydrogens (tertiary/aromatic N) is 3. The van der Waals surface area contributed by atoms with Crippen molar-refractivity contribution < 1.29 is 9.53 Å².